The van der Waals surface area contributed by atoms with E-state index in [4.69, 9.17) is 14.8 Å². The maximum Gasteiger partial charge on any atom is 0.206 e. The fourth-order valence-electron chi connectivity index (χ4n) is 3.03. The third-order valence-electron chi connectivity index (χ3n) is 4.42. The number of hydrogen-bond acceptors (Lipinski definition) is 6. The molecule has 3 aromatic rings. The summed E-state index contributed by atoms with van der Waals surface area (Å²) in [4.78, 5) is 9.20. The summed E-state index contributed by atoms with van der Waals surface area (Å²) >= 11 is 3.35. The molecule has 146 valence electrons. The van der Waals surface area contributed by atoms with E-state index in [0.717, 1.165) is 42.4 Å². The highest BCUT2D eigenvalue weighted by molar-refractivity contribution is 7.14. The van der Waals surface area contributed by atoms with Crippen molar-refractivity contribution in [1.82, 2.24) is 4.68 Å². The quantitative estimate of drug-likeness (QED) is 0.586. The highest BCUT2D eigenvalue weighted by atomic mass is 32.1. The summed E-state index contributed by atoms with van der Waals surface area (Å²) < 4.78 is 7.38. The number of benzene rings is 1. The first-order valence-electron chi connectivity index (χ1n) is 9.46. The van der Waals surface area contributed by atoms with Gasteiger partial charge in [0.15, 0.2) is 0 Å². The average molecular weight is 413 g/mol. The molecule has 1 aliphatic heterocycles. The van der Waals surface area contributed by atoms with Crippen molar-refractivity contribution >= 4 is 34.6 Å². The highest BCUT2D eigenvalue weighted by Crippen LogP contribution is 2.25. The van der Waals surface area contributed by atoms with Crippen LogP contribution in [0.25, 0.3) is 10.6 Å². The zero-order valence-corrected chi connectivity index (χ0v) is 17.7. The minimum absolute atomic E-state index is 0.226. The first kappa shape index (κ1) is 19.1. The molecule has 7 heteroatoms. The van der Waals surface area contributed by atoms with E-state index >= 15 is 0 Å². The zero-order valence-electron chi connectivity index (χ0n) is 16.1. The van der Waals surface area contributed by atoms with Crippen molar-refractivity contribution in [1.29, 1.82) is 0 Å². The Labute approximate surface area is 173 Å². The van der Waals surface area contributed by atoms with E-state index in [-0.39, 0.29) is 6.04 Å². The monoisotopic (exact) mass is 412 g/mol. The van der Waals surface area contributed by atoms with Crippen LogP contribution < -0.4 is 9.70 Å². The van der Waals surface area contributed by atoms with Crippen molar-refractivity contribution in [3.05, 3.63) is 57.5 Å². The van der Waals surface area contributed by atoms with E-state index in [1.807, 2.05) is 10.9 Å². The topological polar surface area (TPSA) is 42.1 Å². The van der Waals surface area contributed by atoms with Crippen molar-refractivity contribution in [2.45, 2.75) is 19.9 Å². The molecule has 1 aromatic carbocycles. The third kappa shape index (κ3) is 4.43. The smallest absolute Gasteiger partial charge is 0.206 e. The predicted octanol–water partition coefficient (Wildman–Crippen LogP) is 4.31. The second-order valence-corrected chi connectivity index (χ2v) is 8.64. The van der Waals surface area contributed by atoms with E-state index in [9.17, 15) is 0 Å². The van der Waals surface area contributed by atoms with Gasteiger partial charge in [-0.15, -0.1) is 22.7 Å². The Balaban J connectivity index is 1.61. The Morgan fingerprint density at radius 1 is 1.07 bits per heavy atom. The van der Waals surface area contributed by atoms with Crippen LogP contribution in [-0.4, -0.2) is 43.2 Å². The van der Waals surface area contributed by atoms with Crippen LogP contribution in [0.15, 0.2) is 57.3 Å². The van der Waals surface area contributed by atoms with E-state index in [1.165, 1.54) is 10.6 Å². The van der Waals surface area contributed by atoms with Gasteiger partial charge in [-0.3, -0.25) is 4.99 Å². The van der Waals surface area contributed by atoms with Gasteiger partial charge in [-0.1, -0.05) is 18.2 Å². The van der Waals surface area contributed by atoms with Gasteiger partial charge in [-0.05, 0) is 43.0 Å². The normalized spacial score (nSPS) is 15.8. The second-order valence-electron chi connectivity index (χ2n) is 6.85. The molecule has 4 rings (SSSR count). The van der Waals surface area contributed by atoms with Crippen molar-refractivity contribution in [2.75, 3.05) is 31.2 Å². The summed E-state index contributed by atoms with van der Waals surface area (Å²) in [6.07, 6.45) is 1.91. The summed E-state index contributed by atoms with van der Waals surface area (Å²) in [5, 5.41) is 8.99. The standard InChI is InChI=1S/C21H24N4OS2/c1-16(2)23-21-25(19(15-28-21)20-4-3-13-27-20)22-14-17-5-7-18(8-6-17)24-9-11-26-12-10-24/h3-8,13-16H,9-12H2,1-2H3. The van der Waals surface area contributed by atoms with Crippen LogP contribution >= 0.6 is 22.7 Å². The molecule has 3 heterocycles. The molecule has 0 unspecified atom stereocenters. The number of aromatic nitrogens is 1. The van der Waals surface area contributed by atoms with Gasteiger partial charge in [0.2, 0.25) is 4.80 Å². The van der Waals surface area contributed by atoms with Gasteiger partial charge in [-0.25, -0.2) is 4.68 Å². The van der Waals surface area contributed by atoms with Crippen LogP contribution in [0.1, 0.15) is 19.4 Å². The first-order chi connectivity index (χ1) is 13.7. The maximum absolute atomic E-state index is 5.43. The Hall–Kier alpha value is -2.22. The van der Waals surface area contributed by atoms with Crippen molar-refractivity contribution in [3.63, 3.8) is 0 Å². The van der Waals surface area contributed by atoms with Gasteiger partial charge in [0.25, 0.3) is 0 Å². The minimum Gasteiger partial charge on any atom is -0.378 e. The Morgan fingerprint density at radius 2 is 1.86 bits per heavy atom. The van der Waals surface area contributed by atoms with Gasteiger partial charge >= 0.3 is 0 Å². The molecule has 1 aliphatic rings. The van der Waals surface area contributed by atoms with Gasteiger partial charge in [0, 0.05) is 30.2 Å². The lowest BCUT2D eigenvalue weighted by Crippen LogP contribution is -2.36. The Bertz CT molecular complexity index is 978. The van der Waals surface area contributed by atoms with E-state index < -0.39 is 0 Å². The van der Waals surface area contributed by atoms with Crippen LogP contribution in [0, 0.1) is 0 Å². The Kier molecular flexibility index (Phi) is 6.04. The Morgan fingerprint density at radius 3 is 2.54 bits per heavy atom. The molecule has 0 atom stereocenters. The molecule has 0 spiro atoms. The van der Waals surface area contributed by atoms with Crippen LogP contribution in [0.3, 0.4) is 0 Å². The number of ether oxygens (including phenoxy) is 1. The van der Waals surface area contributed by atoms with Crippen LogP contribution in [0.2, 0.25) is 0 Å². The van der Waals surface area contributed by atoms with Crippen LogP contribution in [0.5, 0.6) is 0 Å². The van der Waals surface area contributed by atoms with Crippen LogP contribution in [-0.2, 0) is 4.74 Å². The molecule has 0 amide bonds. The van der Waals surface area contributed by atoms with Gasteiger partial charge in [-0.2, -0.15) is 5.10 Å². The molecule has 1 saturated heterocycles. The van der Waals surface area contributed by atoms with Gasteiger partial charge in [0.1, 0.15) is 0 Å². The predicted molar refractivity (Wildman–Crippen MR) is 119 cm³/mol. The highest BCUT2D eigenvalue weighted by Gasteiger charge is 2.11. The van der Waals surface area contributed by atoms with Crippen LogP contribution in [0.4, 0.5) is 5.69 Å². The molecule has 0 N–H and O–H groups in total. The summed E-state index contributed by atoms with van der Waals surface area (Å²) in [6, 6.07) is 13.0. The van der Waals surface area contributed by atoms with Crippen molar-refractivity contribution in [2.24, 2.45) is 10.1 Å². The van der Waals surface area contributed by atoms with E-state index in [0.29, 0.717) is 0 Å². The van der Waals surface area contributed by atoms with E-state index in [2.05, 4.69) is 65.9 Å². The minimum atomic E-state index is 0.226. The molecule has 2 aromatic heterocycles. The van der Waals surface area contributed by atoms with Gasteiger partial charge in [0.05, 0.1) is 30.0 Å². The summed E-state index contributed by atoms with van der Waals surface area (Å²) in [5.41, 5.74) is 3.39. The lowest BCUT2D eigenvalue weighted by Gasteiger charge is -2.28. The number of thiophene rings is 1. The molecule has 0 aliphatic carbocycles. The maximum atomic E-state index is 5.43. The zero-order chi connectivity index (χ0) is 19.3. The lowest BCUT2D eigenvalue weighted by atomic mass is 10.2. The summed E-state index contributed by atoms with van der Waals surface area (Å²) in [6.45, 7) is 7.66. The fraction of sp³-hybridized carbons (Fsp3) is 0.333. The number of rotatable bonds is 5. The van der Waals surface area contributed by atoms with Gasteiger partial charge < -0.3 is 9.64 Å². The molecule has 1 fully saturated rings. The average Bonchev–Trinajstić information content (AvgIpc) is 3.37. The van der Waals surface area contributed by atoms with E-state index in [1.54, 1.807) is 22.7 Å². The number of nitrogens with zero attached hydrogens (tertiary/aromatic N) is 4. The molecule has 28 heavy (non-hydrogen) atoms. The third-order valence-corrected chi connectivity index (χ3v) is 6.14. The largest absolute Gasteiger partial charge is 0.378 e. The molecule has 5 nitrogen and oxygen atoms in total. The van der Waals surface area contributed by atoms with Crippen molar-refractivity contribution in [3.8, 4) is 10.6 Å². The van der Waals surface area contributed by atoms with Crippen molar-refractivity contribution < 1.29 is 4.74 Å². The second kappa shape index (κ2) is 8.86. The first-order valence-corrected chi connectivity index (χ1v) is 11.2. The number of anilines is 1. The summed E-state index contributed by atoms with van der Waals surface area (Å²) in [5.74, 6) is 0. The summed E-state index contributed by atoms with van der Waals surface area (Å²) in [7, 11) is 0. The number of morpholine rings is 1. The molecule has 0 radical (unpaired) electrons. The molecule has 0 bridgehead atoms. The molecule has 0 saturated carbocycles. The fourth-order valence-corrected chi connectivity index (χ4v) is 4.80. The number of hydrogen-bond donors (Lipinski definition) is 0. The molecular formula is C21H24N4OS2. The SMILES string of the molecule is CC(C)N=c1scc(-c2cccs2)n1N=Cc1ccc(N2CCOCC2)cc1. The lowest BCUT2D eigenvalue weighted by molar-refractivity contribution is 0.122. The number of thiazole rings is 1. The molecular weight excluding hydrogens is 388 g/mol.